The summed E-state index contributed by atoms with van der Waals surface area (Å²) in [6.07, 6.45) is 27.6. The van der Waals surface area contributed by atoms with Crippen molar-refractivity contribution in [2.75, 3.05) is 0 Å². The summed E-state index contributed by atoms with van der Waals surface area (Å²) in [7, 11) is 0. The monoisotopic (exact) mass is 346 g/mol. The van der Waals surface area contributed by atoms with Gasteiger partial charge in [0.05, 0.1) is 6.10 Å². The summed E-state index contributed by atoms with van der Waals surface area (Å²) in [5, 5.41) is 18.2. The third-order valence-corrected chi connectivity index (χ3v) is 3.45. The minimum absolute atomic E-state index is 0.201. The molecule has 0 saturated carbocycles. The van der Waals surface area contributed by atoms with Gasteiger partial charge in [-0.3, -0.25) is 4.79 Å². The molecular formula is C22H34O3. The molecule has 0 rings (SSSR count). The second-order valence-electron chi connectivity index (χ2n) is 5.86. The van der Waals surface area contributed by atoms with E-state index < -0.39 is 5.97 Å². The quantitative estimate of drug-likeness (QED) is 0.293. The first kappa shape index (κ1) is 23.1. The lowest BCUT2D eigenvalue weighted by Gasteiger charge is -2.00. The Morgan fingerprint density at radius 1 is 0.840 bits per heavy atom. The number of aliphatic hydroxyl groups is 1. The number of allylic oxidation sites excluding steroid dienone is 8. The SMILES string of the molecule is CC/C=C\C[C@@H](O)/C=C/CCC/C=C\C/C=C\C/C=C\CCC(=O)O. The van der Waals surface area contributed by atoms with E-state index in [1.807, 2.05) is 24.3 Å². The molecule has 0 aliphatic rings. The summed E-state index contributed by atoms with van der Waals surface area (Å²) in [6, 6.07) is 0. The van der Waals surface area contributed by atoms with Crippen LogP contribution in [0.25, 0.3) is 0 Å². The number of carboxylic acids is 1. The van der Waals surface area contributed by atoms with E-state index in [4.69, 9.17) is 5.11 Å². The van der Waals surface area contributed by atoms with Crippen molar-refractivity contribution in [2.24, 2.45) is 0 Å². The number of aliphatic hydroxyl groups excluding tert-OH is 1. The summed E-state index contributed by atoms with van der Waals surface area (Å²) >= 11 is 0. The van der Waals surface area contributed by atoms with Gasteiger partial charge in [0.25, 0.3) is 0 Å². The van der Waals surface area contributed by atoms with Gasteiger partial charge >= 0.3 is 5.97 Å². The van der Waals surface area contributed by atoms with Crippen molar-refractivity contribution in [3.8, 4) is 0 Å². The van der Waals surface area contributed by atoms with Gasteiger partial charge in [0.1, 0.15) is 0 Å². The standard InChI is InChI=1S/C22H34O3/c1-2-3-15-18-21(23)19-16-13-11-9-7-5-4-6-8-10-12-14-17-20-22(24)25/h3,5-8,12,14-16,19,21,23H,2,4,9-11,13,17-18,20H2,1H3,(H,24,25)/b7-5-,8-6-,14-12-,15-3-,19-16+/t21-/m1/s1. The zero-order chi connectivity index (χ0) is 18.6. The lowest BCUT2D eigenvalue weighted by Crippen LogP contribution is -1.98. The fraction of sp³-hybridized carbons (Fsp3) is 0.500. The maximum Gasteiger partial charge on any atom is 0.303 e. The Labute approximate surface area is 153 Å². The summed E-state index contributed by atoms with van der Waals surface area (Å²) in [6.45, 7) is 2.09. The van der Waals surface area contributed by atoms with E-state index in [0.717, 1.165) is 38.5 Å². The highest BCUT2D eigenvalue weighted by molar-refractivity contribution is 5.66. The van der Waals surface area contributed by atoms with Crippen LogP contribution in [0.2, 0.25) is 0 Å². The van der Waals surface area contributed by atoms with Gasteiger partial charge in [-0.25, -0.2) is 0 Å². The minimum Gasteiger partial charge on any atom is -0.481 e. The topological polar surface area (TPSA) is 57.5 Å². The van der Waals surface area contributed by atoms with Crippen LogP contribution in [0.1, 0.15) is 64.7 Å². The molecule has 0 spiro atoms. The number of rotatable bonds is 15. The molecule has 0 aromatic carbocycles. The molecule has 3 heteroatoms. The highest BCUT2D eigenvalue weighted by Gasteiger charge is 1.93. The largest absolute Gasteiger partial charge is 0.481 e. The molecule has 25 heavy (non-hydrogen) atoms. The van der Waals surface area contributed by atoms with Crippen molar-refractivity contribution >= 4 is 5.97 Å². The van der Waals surface area contributed by atoms with Gasteiger partial charge < -0.3 is 10.2 Å². The smallest absolute Gasteiger partial charge is 0.303 e. The van der Waals surface area contributed by atoms with Gasteiger partial charge in [0.2, 0.25) is 0 Å². The van der Waals surface area contributed by atoms with Crippen molar-refractivity contribution in [3.05, 3.63) is 60.8 Å². The maximum absolute atomic E-state index is 10.3. The number of carbonyl (C=O) groups is 1. The molecule has 0 aliphatic heterocycles. The van der Waals surface area contributed by atoms with E-state index in [2.05, 4.69) is 43.4 Å². The van der Waals surface area contributed by atoms with Gasteiger partial charge in [-0.1, -0.05) is 67.7 Å². The lowest BCUT2D eigenvalue weighted by molar-refractivity contribution is -0.136. The highest BCUT2D eigenvalue weighted by atomic mass is 16.4. The number of unbranched alkanes of at least 4 members (excludes halogenated alkanes) is 2. The summed E-state index contributed by atoms with van der Waals surface area (Å²) in [5.41, 5.74) is 0. The van der Waals surface area contributed by atoms with Gasteiger partial charge in [0.15, 0.2) is 0 Å². The van der Waals surface area contributed by atoms with Crippen molar-refractivity contribution in [1.82, 2.24) is 0 Å². The predicted molar refractivity (Wildman–Crippen MR) is 107 cm³/mol. The van der Waals surface area contributed by atoms with Crippen molar-refractivity contribution < 1.29 is 15.0 Å². The van der Waals surface area contributed by atoms with Crippen LogP contribution in [-0.4, -0.2) is 22.3 Å². The normalized spacial score (nSPS) is 14.0. The molecule has 0 heterocycles. The third-order valence-electron chi connectivity index (χ3n) is 3.45. The Morgan fingerprint density at radius 2 is 1.44 bits per heavy atom. The van der Waals surface area contributed by atoms with Crippen LogP contribution in [-0.2, 0) is 4.79 Å². The molecule has 3 nitrogen and oxygen atoms in total. The van der Waals surface area contributed by atoms with Crippen molar-refractivity contribution in [1.29, 1.82) is 0 Å². The molecule has 2 N–H and O–H groups in total. The van der Waals surface area contributed by atoms with Crippen LogP contribution in [0, 0.1) is 0 Å². The fourth-order valence-electron chi connectivity index (χ4n) is 2.07. The summed E-state index contributed by atoms with van der Waals surface area (Å²) in [5.74, 6) is -0.749. The zero-order valence-corrected chi connectivity index (χ0v) is 15.5. The van der Waals surface area contributed by atoms with Gasteiger partial charge in [-0.2, -0.15) is 0 Å². The molecule has 0 aromatic rings. The van der Waals surface area contributed by atoms with E-state index in [0.29, 0.717) is 12.8 Å². The van der Waals surface area contributed by atoms with E-state index in [9.17, 15) is 9.90 Å². The molecule has 0 bridgehead atoms. The number of hydrogen-bond donors (Lipinski definition) is 2. The Kier molecular flexibility index (Phi) is 17.1. The summed E-state index contributed by atoms with van der Waals surface area (Å²) < 4.78 is 0. The van der Waals surface area contributed by atoms with Crippen LogP contribution >= 0.6 is 0 Å². The zero-order valence-electron chi connectivity index (χ0n) is 15.5. The molecule has 0 saturated heterocycles. The van der Waals surface area contributed by atoms with Crippen LogP contribution in [0.5, 0.6) is 0 Å². The van der Waals surface area contributed by atoms with E-state index >= 15 is 0 Å². The number of carboxylic acid groups (broad SMARTS) is 1. The molecule has 0 unspecified atom stereocenters. The highest BCUT2D eigenvalue weighted by Crippen LogP contribution is 2.02. The first-order valence-corrected chi connectivity index (χ1v) is 9.33. The minimum atomic E-state index is -0.749. The van der Waals surface area contributed by atoms with E-state index in [1.165, 1.54) is 0 Å². The fourth-order valence-corrected chi connectivity index (χ4v) is 2.07. The van der Waals surface area contributed by atoms with Gasteiger partial charge in [-0.05, 0) is 51.4 Å². The van der Waals surface area contributed by atoms with Crippen LogP contribution in [0.3, 0.4) is 0 Å². The van der Waals surface area contributed by atoms with Crippen LogP contribution in [0.15, 0.2) is 60.8 Å². The Hall–Kier alpha value is -1.87. The average molecular weight is 347 g/mol. The second kappa shape index (κ2) is 18.5. The molecular weight excluding hydrogens is 312 g/mol. The number of aliphatic carboxylic acids is 1. The molecule has 0 radical (unpaired) electrons. The Bertz CT molecular complexity index is 456. The molecule has 0 fully saturated rings. The molecule has 0 aliphatic carbocycles. The molecule has 0 amide bonds. The molecule has 1 atom stereocenters. The maximum atomic E-state index is 10.3. The lowest BCUT2D eigenvalue weighted by atomic mass is 10.1. The first-order valence-electron chi connectivity index (χ1n) is 9.33. The van der Waals surface area contributed by atoms with E-state index in [-0.39, 0.29) is 12.5 Å². The average Bonchev–Trinajstić information content (AvgIpc) is 2.58. The Morgan fingerprint density at radius 3 is 2.08 bits per heavy atom. The van der Waals surface area contributed by atoms with Crippen molar-refractivity contribution in [3.63, 3.8) is 0 Å². The van der Waals surface area contributed by atoms with Crippen LogP contribution < -0.4 is 0 Å². The van der Waals surface area contributed by atoms with E-state index in [1.54, 1.807) is 0 Å². The summed E-state index contributed by atoms with van der Waals surface area (Å²) in [4.78, 5) is 10.3. The third kappa shape index (κ3) is 20.1. The van der Waals surface area contributed by atoms with Crippen LogP contribution in [0.4, 0.5) is 0 Å². The van der Waals surface area contributed by atoms with Gasteiger partial charge in [-0.15, -0.1) is 0 Å². The van der Waals surface area contributed by atoms with Crippen molar-refractivity contribution in [2.45, 2.75) is 70.8 Å². The second-order valence-corrected chi connectivity index (χ2v) is 5.86. The molecule has 140 valence electrons. The van der Waals surface area contributed by atoms with Gasteiger partial charge in [0, 0.05) is 6.42 Å². The first-order chi connectivity index (χ1) is 12.2. The number of hydrogen-bond acceptors (Lipinski definition) is 2. The Balaban J connectivity index is 3.52. The molecule has 0 aromatic heterocycles. The predicted octanol–water partition coefficient (Wildman–Crippen LogP) is 5.74.